The molecule has 6 nitrogen and oxygen atoms in total. The molecule has 4 rings (SSSR count). The molecule has 0 aliphatic carbocycles. The van der Waals surface area contributed by atoms with E-state index >= 15 is 0 Å². The normalized spacial score (nSPS) is 12.8. The molecule has 2 heterocycles. The highest BCUT2D eigenvalue weighted by Gasteiger charge is 2.16. The fourth-order valence-electron chi connectivity index (χ4n) is 3.24. The molecule has 2 aromatic heterocycles. The summed E-state index contributed by atoms with van der Waals surface area (Å²) < 4.78 is 4.67. The summed E-state index contributed by atoms with van der Waals surface area (Å²) in [6.45, 7) is 2.37. The molecule has 0 saturated heterocycles. The van der Waals surface area contributed by atoms with Gasteiger partial charge in [-0.15, -0.1) is 11.3 Å². The smallest absolute Gasteiger partial charge is 0.270 e. The first kappa shape index (κ1) is 18.7. The van der Waals surface area contributed by atoms with E-state index in [-0.39, 0.29) is 5.56 Å². The third-order valence-corrected chi connectivity index (χ3v) is 5.83. The molecule has 0 fully saturated rings. The van der Waals surface area contributed by atoms with Crippen LogP contribution in [0.1, 0.15) is 12.7 Å². The summed E-state index contributed by atoms with van der Waals surface area (Å²) in [6.07, 6.45) is 1.70. The second-order valence-electron chi connectivity index (χ2n) is 6.45. The molecule has 144 valence electrons. The number of aryl methyl sites for hydroxylation is 1. The highest BCUT2D eigenvalue weighted by molar-refractivity contribution is 7.07. The number of hydrogen-bond donors (Lipinski definition) is 1. The second-order valence-corrected chi connectivity index (χ2v) is 7.48. The minimum absolute atomic E-state index is 0.123. The topological polar surface area (TPSA) is 75.6 Å². The van der Waals surface area contributed by atoms with Gasteiger partial charge >= 0.3 is 0 Å². The summed E-state index contributed by atoms with van der Waals surface area (Å²) in [5, 5.41) is 13.1. The van der Waals surface area contributed by atoms with E-state index in [9.17, 15) is 10.1 Å². The fourth-order valence-corrected chi connectivity index (χ4v) is 4.32. The van der Waals surface area contributed by atoms with Gasteiger partial charge in [0.2, 0.25) is 0 Å². The molecule has 0 amide bonds. The standard InChI is InChI=1S/C22H19N5OS/c1-3-27-21(28)19(14-24-15-9-5-4-6-10-15)29-22(27)16(13-23)20-25-17-11-7-8-12-18(17)26(20)2/h4-12,14,24H,3H2,1-2H3. The van der Waals surface area contributed by atoms with E-state index in [1.165, 1.54) is 11.3 Å². The molecular formula is C22H19N5OS. The number of fused-ring (bicyclic) bond motifs is 1. The van der Waals surface area contributed by atoms with E-state index in [1.54, 1.807) is 10.8 Å². The van der Waals surface area contributed by atoms with E-state index in [2.05, 4.69) is 16.4 Å². The van der Waals surface area contributed by atoms with Gasteiger partial charge in [-0.25, -0.2) is 4.98 Å². The lowest BCUT2D eigenvalue weighted by Gasteiger charge is -2.01. The van der Waals surface area contributed by atoms with Crippen LogP contribution in [0.2, 0.25) is 0 Å². The maximum absolute atomic E-state index is 12.9. The molecular weight excluding hydrogens is 382 g/mol. The first-order valence-corrected chi connectivity index (χ1v) is 10.0. The van der Waals surface area contributed by atoms with Gasteiger partial charge < -0.3 is 9.88 Å². The number of hydrogen-bond acceptors (Lipinski definition) is 5. The van der Waals surface area contributed by atoms with Crippen molar-refractivity contribution in [1.82, 2.24) is 14.1 Å². The summed E-state index contributed by atoms with van der Waals surface area (Å²) in [4.78, 5) is 17.5. The second kappa shape index (κ2) is 7.78. The summed E-state index contributed by atoms with van der Waals surface area (Å²) >= 11 is 1.30. The van der Waals surface area contributed by atoms with E-state index in [0.717, 1.165) is 16.7 Å². The zero-order chi connectivity index (χ0) is 20.4. The number of aromatic nitrogens is 3. The van der Waals surface area contributed by atoms with Gasteiger partial charge in [-0.2, -0.15) is 5.26 Å². The maximum atomic E-state index is 12.9. The Hall–Kier alpha value is -3.63. The van der Waals surface area contributed by atoms with Gasteiger partial charge in [0.05, 0.1) is 11.0 Å². The van der Waals surface area contributed by atoms with Crippen LogP contribution in [-0.2, 0) is 13.6 Å². The molecule has 0 saturated carbocycles. The van der Waals surface area contributed by atoms with Crippen molar-refractivity contribution in [3.8, 4) is 6.07 Å². The van der Waals surface area contributed by atoms with Crippen LogP contribution in [0.4, 0.5) is 5.69 Å². The van der Waals surface area contributed by atoms with Crippen molar-refractivity contribution in [2.24, 2.45) is 7.05 Å². The summed E-state index contributed by atoms with van der Waals surface area (Å²) in [7, 11) is 1.88. The van der Waals surface area contributed by atoms with Gasteiger partial charge in [0.25, 0.3) is 5.56 Å². The quantitative estimate of drug-likeness (QED) is 0.570. The highest BCUT2D eigenvalue weighted by Crippen LogP contribution is 2.18. The summed E-state index contributed by atoms with van der Waals surface area (Å²) in [5.41, 5.74) is 2.92. The van der Waals surface area contributed by atoms with Crippen molar-refractivity contribution < 1.29 is 0 Å². The van der Waals surface area contributed by atoms with E-state index in [4.69, 9.17) is 0 Å². The number of imidazole rings is 1. The first-order valence-electron chi connectivity index (χ1n) is 9.21. The Labute approximate surface area is 171 Å². The number of nitrogens with zero attached hydrogens (tertiary/aromatic N) is 4. The Kier molecular flexibility index (Phi) is 5.02. The summed E-state index contributed by atoms with van der Waals surface area (Å²) in [6, 6.07) is 19.6. The third kappa shape index (κ3) is 3.35. The van der Waals surface area contributed by atoms with E-state index in [1.807, 2.05) is 73.1 Å². The number of para-hydroxylation sites is 3. The Morgan fingerprint density at radius 1 is 1.21 bits per heavy atom. The average Bonchev–Trinajstić information content (AvgIpc) is 3.25. The zero-order valence-electron chi connectivity index (χ0n) is 16.1. The van der Waals surface area contributed by atoms with Crippen molar-refractivity contribution >= 4 is 39.8 Å². The number of rotatable bonds is 4. The van der Waals surface area contributed by atoms with Gasteiger partial charge in [-0.3, -0.25) is 9.36 Å². The van der Waals surface area contributed by atoms with Crippen LogP contribution < -0.4 is 20.1 Å². The van der Waals surface area contributed by atoms with E-state index < -0.39 is 0 Å². The van der Waals surface area contributed by atoms with Crippen LogP contribution in [0, 0.1) is 11.3 Å². The third-order valence-electron chi connectivity index (χ3n) is 4.70. The molecule has 0 aliphatic rings. The zero-order valence-corrected chi connectivity index (χ0v) is 16.9. The van der Waals surface area contributed by atoms with Crippen LogP contribution in [0.5, 0.6) is 0 Å². The highest BCUT2D eigenvalue weighted by atomic mass is 32.1. The lowest BCUT2D eigenvalue weighted by molar-refractivity contribution is 0.720. The number of benzene rings is 2. The van der Waals surface area contributed by atoms with Gasteiger partial charge in [-0.1, -0.05) is 30.3 Å². The lowest BCUT2D eigenvalue weighted by atomic mass is 10.3. The van der Waals surface area contributed by atoms with Crippen LogP contribution in [0.3, 0.4) is 0 Å². The van der Waals surface area contributed by atoms with Gasteiger partial charge in [0, 0.05) is 25.5 Å². The Balaban J connectivity index is 1.94. The molecule has 0 spiro atoms. The molecule has 0 aliphatic heterocycles. The van der Waals surface area contributed by atoms with Crippen LogP contribution in [0.15, 0.2) is 59.4 Å². The van der Waals surface area contributed by atoms with Crippen LogP contribution in [-0.4, -0.2) is 14.1 Å². The minimum atomic E-state index is -0.123. The number of thiazole rings is 1. The SMILES string of the molecule is CCn1c(=C(C#N)c2nc3ccccc3n2C)sc(=CNc2ccccc2)c1=O. The van der Waals surface area contributed by atoms with Crippen molar-refractivity contribution in [3.63, 3.8) is 0 Å². The van der Waals surface area contributed by atoms with Gasteiger partial charge in [0.15, 0.2) is 5.82 Å². The number of nitriles is 1. The molecule has 0 atom stereocenters. The Morgan fingerprint density at radius 3 is 2.62 bits per heavy atom. The number of anilines is 1. The molecule has 29 heavy (non-hydrogen) atoms. The summed E-state index contributed by atoms with van der Waals surface area (Å²) in [5.74, 6) is 0.555. The molecule has 0 unspecified atom stereocenters. The molecule has 4 aromatic rings. The minimum Gasteiger partial charge on any atom is -0.360 e. The van der Waals surface area contributed by atoms with Crippen LogP contribution >= 0.6 is 11.3 Å². The predicted octanol–water partition coefficient (Wildman–Crippen LogP) is 2.39. The van der Waals surface area contributed by atoms with Crippen molar-refractivity contribution in [3.05, 3.63) is 80.0 Å². The van der Waals surface area contributed by atoms with Crippen molar-refractivity contribution in [1.29, 1.82) is 5.26 Å². The van der Waals surface area contributed by atoms with Crippen molar-refractivity contribution in [2.75, 3.05) is 5.32 Å². The first-order chi connectivity index (χ1) is 14.1. The van der Waals surface area contributed by atoms with Gasteiger partial charge in [0.1, 0.15) is 20.8 Å². The molecule has 0 radical (unpaired) electrons. The lowest BCUT2D eigenvalue weighted by Crippen LogP contribution is -2.32. The largest absolute Gasteiger partial charge is 0.360 e. The fraction of sp³-hybridized carbons (Fsp3) is 0.136. The Bertz CT molecular complexity index is 1400. The molecule has 2 aromatic carbocycles. The van der Waals surface area contributed by atoms with Gasteiger partial charge in [-0.05, 0) is 31.2 Å². The molecule has 1 N–H and O–H groups in total. The van der Waals surface area contributed by atoms with Crippen molar-refractivity contribution in [2.45, 2.75) is 13.5 Å². The maximum Gasteiger partial charge on any atom is 0.270 e. The Morgan fingerprint density at radius 2 is 1.93 bits per heavy atom. The monoisotopic (exact) mass is 401 g/mol. The molecule has 0 bridgehead atoms. The predicted molar refractivity (Wildman–Crippen MR) is 117 cm³/mol. The average molecular weight is 401 g/mol. The molecule has 7 heteroatoms. The van der Waals surface area contributed by atoms with Crippen LogP contribution in [0.25, 0.3) is 22.8 Å². The van der Waals surface area contributed by atoms with E-state index in [0.29, 0.717) is 27.1 Å². The number of nitrogens with one attached hydrogen (secondary N) is 1.